The van der Waals surface area contributed by atoms with Crippen LogP contribution in [0.2, 0.25) is 0 Å². The van der Waals surface area contributed by atoms with Gasteiger partial charge < -0.3 is 14.1 Å². The molecule has 0 aliphatic rings. The molecule has 6 nitrogen and oxygen atoms in total. The molecule has 0 amide bonds. The highest BCUT2D eigenvalue weighted by molar-refractivity contribution is 7.88. The quantitative estimate of drug-likeness (QED) is 0.483. The number of benzene rings is 2. The van der Waals surface area contributed by atoms with Crippen LogP contribution >= 0.6 is 0 Å². The Balaban J connectivity index is 1.67. The molecular weight excluding hydrogens is 414 g/mol. The second-order valence-corrected chi connectivity index (χ2v) is 9.20. The van der Waals surface area contributed by atoms with Gasteiger partial charge in [-0.2, -0.15) is 4.31 Å². The summed E-state index contributed by atoms with van der Waals surface area (Å²) in [6, 6.07) is 11.7. The van der Waals surface area contributed by atoms with Crippen LogP contribution in [0.1, 0.15) is 5.76 Å². The summed E-state index contributed by atoms with van der Waals surface area (Å²) in [5.74, 6) is -0.438. The van der Waals surface area contributed by atoms with Crippen LogP contribution in [-0.4, -0.2) is 41.3 Å². The van der Waals surface area contributed by atoms with Crippen molar-refractivity contribution < 1.29 is 26.7 Å². The van der Waals surface area contributed by atoms with Gasteiger partial charge in [0.1, 0.15) is 17.4 Å². The number of aliphatic hydroxyl groups excluding tert-OH is 1. The van der Waals surface area contributed by atoms with Crippen LogP contribution in [0.15, 0.2) is 59.2 Å². The van der Waals surface area contributed by atoms with E-state index in [4.69, 9.17) is 4.42 Å². The number of nitrogens with zero attached hydrogens (tertiary/aromatic N) is 2. The molecular formula is C21H20F2N2O4S. The zero-order chi connectivity index (χ0) is 21.5. The van der Waals surface area contributed by atoms with Gasteiger partial charge in [0.15, 0.2) is 0 Å². The predicted molar refractivity (Wildman–Crippen MR) is 109 cm³/mol. The zero-order valence-corrected chi connectivity index (χ0v) is 16.9. The van der Waals surface area contributed by atoms with Gasteiger partial charge >= 0.3 is 0 Å². The molecule has 0 fully saturated rings. The van der Waals surface area contributed by atoms with E-state index in [-0.39, 0.29) is 19.6 Å². The zero-order valence-electron chi connectivity index (χ0n) is 16.1. The van der Waals surface area contributed by atoms with Gasteiger partial charge in [0, 0.05) is 22.8 Å². The van der Waals surface area contributed by atoms with Crippen molar-refractivity contribution in [1.29, 1.82) is 0 Å². The number of fused-ring (bicyclic) bond motifs is 3. The van der Waals surface area contributed by atoms with Gasteiger partial charge in [-0.05, 0) is 48.5 Å². The van der Waals surface area contributed by atoms with E-state index in [2.05, 4.69) is 0 Å². The maximum absolute atomic E-state index is 13.9. The first-order chi connectivity index (χ1) is 14.2. The van der Waals surface area contributed by atoms with Crippen LogP contribution in [0.25, 0.3) is 21.8 Å². The van der Waals surface area contributed by atoms with E-state index in [0.29, 0.717) is 27.6 Å². The summed E-state index contributed by atoms with van der Waals surface area (Å²) in [4.78, 5) is 0. The Bertz CT molecular complexity index is 1300. The van der Waals surface area contributed by atoms with Crippen LogP contribution in [-0.2, 0) is 23.1 Å². The maximum atomic E-state index is 13.9. The van der Waals surface area contributed by atoms with E-state index >= 15 is 0 Å². The summed E-state index contributed by atoms with van der Waals surface area (Å²) in [5, 5.41) is 11.9. The molecule has 4 rings (SSSR count). The number of aromatic nitrogens is 1. The number of hydrogen-bond acceptors (Lipinski definition) is 4. The normalized spacial score (nSPS) is 13.5. The predicted octanol–water partition coefficient (Wildman–Crippen LogP) is 3.49. The van der Waals surface area contributed by atoms with Crippen molar-refractivity contribution in [2.24, 2.45) is 0 Å². The molecule has 158 valence electrons. The molecule has 4 aromatic rings. The van der Waals surface area contributed by atoms with E-state index in [1.54, 1.807) is 28.8 Å². The Kier molecular flexibility index (Phi) is 5.35. The third-order valence-electron chi connectivity index (χ3n) is 4.98. The molecule has 30 heavy (non-hydrogen) atoms. The molecule has 1 N–H and O–H groups in total. The Morgan fingerprint density at radius 3 is 2.50 bits per heavy atom. The van der Waals surface area contributed by atoms with E-state index in [1.165, 1.54) is 30.5 Å². The monoisotopic (exact) mass is 434 g/mol. The van der Waals surface area contributed by atoms with E-state index in [1.807, 2.05) is 0 Å². The first-order valence-electron chi connectivity index (χ1n) is 9.25. The van der Waals surface area contributed by atoms with Gasteiger partial charge in [0.2, 0.25) is 10.0 Å². The largest absolute Gasteiger partial charge is 0.468 e. The van der Waals surface area contributed by atoms with Gasteiger partial charge in [-0.15, -0.1) is 0 Å². The van der Waals surface area contributed by atoms with E-state index < -0.39 is 27.8 Å². The highest BCUT2D eigenvalue weighted by Crippen LogP contribution is 2.30. The summed E-state index contributed by atoms with van der Waals surface area (Å²) in [5.41, 5.74) is 1.11. The topological polar surface area (TPSA) is 75.7 Å². The van der Waals surface area contributed by atoms with Crippen LogP contribution in [0.3, 0.4) is 0 Å². The fraction of sp³-hybridized carbons (Fsp3) is 0.238. The Hall–Kier alpha value is -2.75. The molecule has 0 saturated heterocycles. The minimum atomic E-state index is -3.62. The minimum absolute atomic E-state index is 0.000734. The fourth-order valence-corrected chi connectivity index (χ4v) is 4.44. The summed E-state index contributed by atoms with van der Waals surface area (Å²) in [7, 11) is -3.62. The number of furan rings is 1. The number of hydrogen-bond donors (Lipinski definition) is 1. The number of aliphatic hydroxyl groups is 1. The first kappa shape index (κ1) is 20.5. The molecule has 1 atom stereocenters. The standard InChI is InChI=1S/C21H20F2N2O4S/c1-30(27,28)24(13-17-3-2-8-29-17)11-16(26)12-25-20-7-5-14(22)9-19(20)18-6-4-15(23)10-21(18)25/h2-10,16,26H,11-13H2,1H3. The van der Waals surface area contributed by atoms with Crippen LogP contribution in [0.4, 0.5) is 8.78 Å². The molecule has 0 bridgehead atoms. The van der Waals surface area contributed by atoms with Gasteiger partial charge in [-0.25, -0.2) is 17.2 Å². The fourth-order valence-electron chi connectivity index (χ4n) is 3.64. The van der Waals surface area contributed by atoms with Gasteiger partial charge in [0.25, 0.3) is 0 Å². The Morgan fingerprint density at radius 2 is 1.80 bits per heavy atom. The molecule has 0 radical (unpaired) electrons. The third kappa shape index (κ3) is 4.09. The molecule has 1 unspecified atom stereocenters. The second-order valence-electron chi connectivity index (χ2n) is 7.22. The molecule has 0 spiro atoms. The van der Waals surface area contributed by atoms with Crippen LogP contribution in [0.5, 0.6) is 0 Å². The average Bonchev–Trinajstić information content (AvgIpc) is 3.27. The van der Waals surface area contributed by atoms with Gasteiger partial charge in [0.05, 0.1) is 37.2 Å². The maximum Gasteiger partial charge on any atom is 0.211 e. The molecule has 0 aliphatic heterocycles. The Labute approximate surface area is 172 Å². The summed E-state index contributed by atoms with van der Waals surface area (Å²) >= 11 is 0. The molecule has 2 heterocycles. The lowest BCUT2D eigenvalue weighted by Gasteiger charge is -2.23. The SMILES string of the molecule is CS(=O)(=O)N(Cc1ccco1)CC(O)Cn1c2ccc(F)cc2c2ccc(F)cc21. The summed E-state index contributed by atoms with van der Waals surface area (Å²) < 4.78 is 60.0. The average molecular weight is 434 g/mol. The van der Waals surface area contributed by atoms with Crippen molar-refractivity contribution >= 4 is 31.8 Å². The van der Waals surface area contributed by atoms with E-state index in [0.717, 1.165) is 10.6 Å². The third-order valence-corrected chi connectivity index (χ3v) is 6.20. The summed E-state index contributed by atoms with van der Waals surface area (Å²) in [6.45, 7) is -0.202. The number of rotatable bonds is 7. The smallest absolute Gasteiger partial charge is 0.211 e. The van der Waals surface area contributed by atoms with Crippen LogP contribution in [0, 0.1) is 11.6 Å². The van der Waals surface area contributed by atoms with Crippen molar-refractivity contribution in [2.75, 3.05) is 12.8 Å². The van der Waals surface area contributed by atoms with Crippen molar-refractivity contribution in [3.63, 3.8) is 0 Å². The lowest BCUT2D eigenvalue weighted by Crippen LogP contribution is -2.38. The number of halogens is 2. The lowest BCUT2D eigenvalue weighted by atomic mass is 10.1. The lowest BCUT2D eigenvalue weighted by molar-refractivity contribution is 0.127. The van der Waals surface area contributed by atoms with Gasteiger partial charge in [-0.3, -0.25) is 0 Å². The first-order valence-corrected chi connectivity index (χ1v) is 11.1. The molecule has 2 aromatic carbocycles. The van der Waals surface area contributed by atoms with Gasteiger partial charge in [-0.1, -0.05) is 0 Å². The van der Waals surface area contributed by atoms with Crippen molar-refractivity contribution in [2.45, 2.75) is 19.2 Å². The number of sulfonamides is 1. The van der Waals surface area contributed by atoms with Crippen molar-refractivity contribution in [1.82, 2.24) is 8.87 Å². The Morgan fingerprint density at radius 1 is 1.07 bits per heavy atom. The second kappa shape index (κ2) is 7.82. The van der Waals surface area contributed by atoms with E-state index in [9.17, 15) is 22.3 Å². The highest BCUT2D eigenvalue weighted by Gasteiger charge is 2.23. The summed E-state index contributed by atoms with van der Waals surface area (Å²) in [6.07, 6.45) is 1.40. The molecule has 2 aromatic heterocycles. The minimum Gasteiger partial charge on any atom is -0.468 e. The molecule has 0 aliphatic carbocycles. The van der Waals surface area contributed by atoms with Crippen molar-refractivity contribution in [3.05, 3.63) is 72.2 Å². The van der Waals surface area contributed by atoms with Crippen LogP contribution < -0.4 is 0 Å². The molecule has 0 saturated carbocycles. The highest BCUT2D eigenvalue weighted by atomic mass is 32.2. The molecule has 9 heteroatoms. The van der Waals surface area contributed by atoms with Crippen molar-refractivity contribution in [3.8, 4) is 0 Å².